The zero-order chi connectivity index (χ0) is 20.3. The summed E-state index contributed by atoms with van der Waals surface area (Å²) < 4.78 is 5.84. The van der Waals surface area contributed by atoms with E-state index in [2.05, 4.69) is 15.2 Å². The Morgan fingerprint density at radius 3 is 2.54 bits per heavy atom. The summed E-state index contributed by atoms with van der Waals surface area (Å²) in [6, 6.07) is 8.32. The molecule has 2 aromatic rings. The summed E-state index contributed by atoms with van der Waals surface area (Å²) in [6.45, 7) is 9.79. The molecule has 1 aliphatic heterocycles. The molecular formula is C21H30N4O3. The van der Waals surface area contributed by atoms with E-state index in [4.69, 9.17) is 4.42 Å². The number of para-hydroxylation sites is 2. The molecule has 152 valence electrons. The first kappa shape index (κ1) is 20.2. The summed E-state index contributed by atoms with van der Waals surface area (Å²) in [7, 11) is 0. The molecule has 0 saturated carbocycles. The Bertz CT molecular complexity index is 799. The van der Waals surface area contributed by atoms with Gasteiger partial charge >= 0.3 is 0 Å². The third-order valence-corrected chi connectivity index (χ3v) is 4.94. The lowest BCUT2D eigenvalue weighted by Gasteiger charge is -2.33. The highest BCUT2D eigenvalue weighted by atomic mass is 16.4. The van der Waals surface area contributed by atoms with Gasteiger partial charge in [-0.15, -0.1) is 0 Å². The summed E-state index contributed by atoms with van der Waals surface area (Å²) in [4.78, 5) is 33.4. The lowest BCUT2D eigenvalue weighted by molar-refractivity contribution is -0.140. The maximum atomic E-state index is 12.9. The second-order valence-corrected chi connectivity index (χ2v) is 8.38. The van der Waals surface area contributed by atoms with Crippen LogP contribution in [0.15, 0.2) is 28.7 Å². The number of fused-ring (bicyclic) bond motifs is 1. The Hall–Kier alpha value is -2.57. The van der Waals surface area contributed by atoms with Gasteiger partial charge in [0.25, 0.3) is 6.01 Å². The van der Waals surface area contributed by atoms with Gasteiger partial charge in [0, 0.05) is 31.1 Å². The monoisotopic (exact) mass is 386 g/mol. The Labute approximate surface area is 166 Å². The minimum absolute atomic E-state index is 0.0591. The van der Waals surface area contributed by atoms with Gasteiger partial charge in [-0.2, -0.15) is 4.98 Å². The smallest absolute Gasteiger partial charge is 0.298 e. The molecule has 0 atom stereocenters. The third kappa shape index (κ3) is 4.82. The van der Waals surface area contributed by atoms with Crippen LogP contribution in [0.25, 0.3) is 11.1 Å². The predicted molar refractivity (Wildman–Crippen MR) is 109 cm³/mol. The lowest BCUT2D eigenvalue weighted by atomic mass is 9.95. The van der Waals surface area contributed by atoms with E-state index < -0.39 is 0 Å². The van der Waals surface area contributed by atoms with Crippen LogP contribution in [0.4, 0.5) is 6.01 Å². The zero-order valence-electron chi connectivity index (χ0n) is 17.2. The molecule has 7 heteroatoms. The second kappa shape index (κ2) is 8.20. The van der Waals surface area contributed by atoms with Gasteiger partial charge in [-0.1, -0.05) is 12.1 Å². The van der Waals surface area contributed by atoms with E-state index in [1.165, 1.54) is 0 Å². The quantitative estimate of drug-likeness (QED) is 0.855. The number of oxazole rings is 1. The summed E-state index contributed by atoms with van der Waals surface area (Å²) in [6.07, 6.45) is 1.46. The average molecular weight is 386 g/mol. The molecular weight excluding hydrogens is 356 g/mol. The van der Waals surface area contributed by atoms with Crippen LogP contribution in [0.3, 0.4) is 0 Å². The van der Waals surface area contributed by atoms with E-state index in [1.54, 1.807) is 4.90 Å². The summed E-state index contributed by atoms with van der Waals surface area (Å²) in [5.74, 6) is -0.126. The number of hydrogen-bond acceptors (Lipinski definition) is 5. The van der Waals surface area contributed by atoms with Crippen LogP contribution in [0.5, 0.6) is 0 Å². The molecule has 0 bridgehead atoms. The number of carbonyl (C=O) groups excluding carboxylic acids is 2. The molecule has 2 heterocycles. The van der Waals surface area contributed by atoms with Crippen molar-refractivity contribution in [3.63, 3.8) is 0 Å². The van der Waals surface area contributed by atoms with Crippen LogP contribution in [0.1, 0.15) is 40.5 Å². The summed E-state index contributed by atoms with van der Waals surface area (Å²) >= 11 is 0. The maximum Gasteiger partial charge on any atom is 0.298 e. The van der Waals surface area contributed by atoms with Gasteiger partial charge in [0.15, 0.2) is 5.58 Å². The van der Waals surface area contributed by atoms with Crippen LogP contribution in [-0.4, -0.2) is 53.4 Å². The predicted octanol–water partition coefficient (Wildman–Crippen LogP) is 2.81. The molecule has 2 amide bonds. The van der Waals surface area contributed by atoms with E-state index in [-0.39, 0.29) is 29.8 Å². The third-order valence-electron chi connectivity index (χ3n) is 4.94. The molecule has 0 spiro atoms. The van der Waals surface area contributed by atoms with E-state index in [0.29, 0.717) is 12.6 Å². The lowest BCUT2D eigenvalue weighted by Crippen LogP contribution is -2.49. The second-order valence-electron chi connectivity index (χ2n) is 8.38. The van der Waals surface area contributed by atoms with Crippen molar-refractivity contribution in [3.05, 3.63) is 24.3 Å². The number of amides is 2. The van der Waals surface area contributed by atoms with Gasteiger partial charge in [0.1, 0.15) is 5.52 Å². The minimum atomic E-state index is -0.301. The molecule has 0 unspecified atom stereocenters. The fourth-order valence-corrected chi connectivity index (χ4v) is 3.55. The van der Waals surface area contributed by atoms with E-state index in [0.717, 1.165) is 37.0 Å². The number of aromatic nitrogens is 1. The first-order valence-corrected chi connectivity index (χ1v) is 9.97. The standard InChI is InChI=1S/C21H30N4O3/c1-5-24(14-18(26)23-21(2,3)4)19(27)15-10-12-25(13-11-15)20-22-16-8-6-7-9-17(16)28-20/h6-9,15H,5,10-14H2,1-4H3,(H,23,26). The van der Waals surface area contributed by atoms with Gasteiger partial charge in [0.2, 0.25) is 11.8 Å². The molecule has 1 aromatic carbocycles. The number of benzene rings is 1. The number of nitrogens with one attached hydrogen (secondary N) is 1. The summed E-state index contributed by atoms with van der Waals surface area (Å²) in [5, 5.41) is 2.92. The van der Waals surface area contributed by atoms with Gasteiger partial charge < -0.3 is 19.5 Å². The van der Waals surface area contributed by atoms with Crippen molar-refractivity contribution in [1.29, 1.82) is 0 Å². The van der Waals surface area contributed by atoms with Crippen LogP contribution in [0, 0.1) is 5.92 Å². The number of rotatable bonds is 5. The Balaban J connectivity index is 1.56. The van der Waals surface area contributed by atoms with E-state index in [1.807, 2.05) is 52.0 Å². The van der Waals surface area contributed by atoms with Gasteiger partial charge in [0.05, 0.1) is 6.54 Å². The molecule has 0 aliphatic carbocycles. The number of anilines is 1. The van der Waals surface area contributed by atoms with Crippen LogP contribution < -0.4 is 10.2 Å². The fraction of sp³-hybridized carbons (Fsp3) is 0.571. The van der Waals surface area contributed by atoms with Crippen molar-refractivity contribution in [3.8, 4) is 0 Å². The van der Waals surface area contributed by atoms with Crippen LogP contribution in [0.2, 0.25) is 0 Å². The van der Waals surface area contributed by atoms with Gasteiger partial charge in [-0.3, -0.25) is 9.59 Å². The summed E-state index contributed by atoms with van der Waals surface area (Å²) in [5.41, 5.74) is 1.32. The van der Waals surface area contributed by atoms with E-state index in [9.17, 15) is 9.59 Å². The van der Waals surface area contributed by atoms with Gasteiger partial charge in [-0.05, 0) is 52.7 Å². The van der Waals surface area contributed by atoms with Gasteiger partial charge in [-0.25, -0.2) is 0 Å². The molecule has 0 radical (unpaired) electrons. The fourth-order valence-electron chi connectivity index (χ4n) is 3.55. The molecule has 1 N–H and O–H groups in total. The van der Waals surface area contributed by atoms with Crippen molar-refractivity contribution in [2.75, 3.05) is 31.1 Å². The molecule has 28 heavy (non-hydrogen) atoms. The average Bonchev–Trinajstić information content (AvgIpc) is 3.08. The Morgan fingerprint density at radius 1 is 1.25 bits per heavy atom. The number of piperidine rings is 1. The first-order chi connectivity index (χ1) is 13.3. The molecule has 1 aromatic heterocycles. The highest BCUT2D eigenvalue weighted by Crippen LogP contribution is 2.27. The molecule has 7 nitrogen and oxygen atoms in total. The van der Waals surface area contributed by atoms with Crippen molar-refractivity contribution in [2.45, 2.75) is 46.1 Å². The topological polar surface area (TPSA) is 78.7 Å². The SMILES string of the molecule is CCN(CC(=O)NC(C)(C)C)C(=O)C1CCN(c2nc3ccccc3o2)CC1. The molecule has 1 saturated heterocycles. The van der Waals surface area contributed by atoms with Crippen molar-refractivity contribution < 1.29 is 14.0 Å². The number of likely N-dealkylation sites (N-methyl/N-ethyl adjacent to an activating group) is 1. The first-order valence-electron chi connectivity index (χ1n) is 9.97. The van der Waals surface area contributed by atoms with Crippen LogP contribution >= 0.6 is 0 Å². The van der Waals surface area contributed by atoms with Crippen molar-refractivity contribution in [1.82, 2.24) is 15.2 Å². The normalized spacial score (nSPS) is 15.6. The maximum absolute atomic E-state index is 12.9. The Morgan fingerprint density at radius 2 is 1.93 bits per heavy atom. The Kier molecular flexibility index (Phi) is 5.91. The molecule has 1 fully saturated rings. The number of carbonyl (C=O) groups is 2. The minimum Gasteiger partial charge on any atom is -0.423 e. The highest BCUT2D eigenvalue weighted by Gasteiger charge is 2.30. The number of nitrogens with zero attached hydrogens (tertiary/aromatic N) is 3. The molecule has 1 aliphatic rings. The molecule has 3 rings (SSSR count). The number of hydrogen-bond donors (Lipinski definition) is 1. The zero-order valence-corrected chi connectivity index (χ0v) is 17.2. The largest absolute Gasteiger partial charge is 0.423 e. The highest BCUT2D eigenvalue weighted by molar-refractivity contribution is 5.86. The van der Waals surface area contributed by atoms with Crippen molar-refractivity contribution >= 4 is 28.9 Å². The van der Waals surface area contributed by atoms with Crippen molar-refractivity contribution in [2.24, 2.45) is 5.92 Å². The van der Waals surface area contributed by atoms with Crippen LogP contribution in [-0.2, 0) is 9.59 Å². The van der Waals surface area contributed by atoms with E-state index >= 15 is 0 Å².